The number of piperazine rings is 1. The average molecular weight is 365 g/mol. The van der Waals surface area contributed by atoms with Crippen molar-refractivity contribution in [1.29, 1.82) is 5.26 Å². The second-order valence-corrected chi connectivity index (χ2v) is 8.87. The van der Waals surface area contributed by atoms with Gasteiger partial charge in [-0.2, -0.15) is 5.26 Å². The van der Waals surface area contributed by atoms with Gasteiger partial charge in [0.2, 0.25) is 5.91 Å². The van der Waals surface area contributed by atoms with Gasteiger partial charge in [0.1, 0.15) is 15.7 Å². The van der Waals surface area contributed by atoms with Crippen LogP contribution in [0, 0.1) is 23.2 Å². The first-order valence-electron chi connectivity index (χ1n) is 8.30. The number of carbonyl (C=O) groups excluding carboxylic acids is 1. The minimum Gasteiger partial charge on any atom is -0.332 e. The first-order valence-corrected chi connectivity index (χ1v) is 10.1. The van der Waals surface area contributed by atoms with Crippen molar-refractivity contribution in [2.45, 2.75) is 18.9 Å². The molecule has 0 N–H and O–H groups in total. The van der Waals surface area contributed by atoms with E-state index in [1.165, 1.54) is 12.1 Å². The third kappa shape index (κ3) is 3.93. The molecule has 0 radical (unpaired) electrons. The molecule has 8 heteroatoms. The van der Waals surface area contributed by atoms with Crippen molar-refractivity contribution < 1.29 is 17.6 Å². The molecule has 1 unspecified atom stereocenters. The molecule has 134 valence electrons. The van der Waals surface area contributed by atoms with E-state index in [1.807, 2.05) is 0 Å². The Labute approximate surface area is 146 Å². The van der Waals surface area contributed by atoms with Crippen LogP contribution in [-0.2, 0) is 14.6 Å². The summed E-state index contributed by atoms with van der Waals surface area (Å²) >= 11 is 0. The summed E-state index contributed by atoms with van der Waals surface area (Å²) in [6.07, 6.45) is 2.79. The summed E-state index contributed by atoms with van der Waals surface area (Å²) in [6.45, 7) is 1.21. The zero-order valence-electron chi connectivity index (χ0n) is 13.8. The topological polar surface area (TPSA) is 81.5 Å². The number of nitrogens with zero attached hydrogens (tertiary/aromatic N) is 3. The van der Waals surface area contributed by atoms with Crippen LogP contribution in [0.1, 0.15) is 24.4 Å². The third-order valence-electron chi connectivity index (χ3n) is 4.96. The monoisotopic (exact) mass is 365 g/mol. The van der Waals surface area contributed by atoms with Crippen molar-refractivity contribution in [3.05, 3.63) is 35.6 Å². The largest absolute Gasteiger partial charge is 0.332 e. The summed E-state index contributed by atoms with van der Waals surface area (Å²) in [5.41, 5.74) is 0.776. The predicted molar refractivity (Wildman–Crippen MR) is 89.4 cm³/mol. The molecule has 2 aliphatic heterocycles. The highest BCUT2D eigenvalue weighted by atomic mass is 32.2. The summed E-state index contributed by atoms with van der Waals surface area (Å²) in [7, 11) is -3.03. The molecule has 0 aliphatic carbocycles. The second-order valence-electron chi connectivity index (χ2n) is 6.57. The Morgan fingerprint density at radius 1 is 1.16 bits per heavy atom. The fourth-order valence-electron chi connectivity index (χ4n) is 3.48. The molecule has 2 aliphatic rings. The number of halogens is 1. The number of benzene rings is 1. The summed E-state index contributed by atoms with van der Waals surface area (Å²) in [5.74, 6) is -0.639. The molecule has 1 atom stereocenters. The molecule has 1 amide bonds. The van der Waals surface area contributed by atoms with E-state index < -0.39 is 9.84 Å². The second kappa shape index (κ2) is 7.00. The molecule has 25 heavy (non-hydrogen) atoms. The highest BCUT2D eigenvalue weighted by Crippen LogP contribution is 2.30. The lowest BCUT2D eigenvalue weighted by atomic mass is 9.96. The first kappa shape index (κ1) is 17.7. The molecule has 3 rings (SSSR count). The summed E-state index contributed by atoms with van der Waals surface area (Å²) in [6, 6.07) is 5.62. The standard InChI is InChI=1S/C17H20FN3O3S/c18-15-3-1-13(2-4-15)16-11-20(12-19)7-8-21(16)17(22)14-5-9-25(23,24)10-6-14/h1-4,14,16H,5-11H2. The molecule has 2 fully saturated rings. The lowest BCUT2D eigenvalue weighted by molar-refractivity contribution is -0.140. The molecule has 0 bridgehead atoms. The van der Waals surface area contributed by atoms with Gasteiger partial charge >= 0.3 is 0 Å². The number of nitriles is 1. The molecular formula is C17H20FN3O3S. The van der Waals surface area contributed by atoms with E-state index in [0.717, 1.165) is 5.56 Å². The Hall–Kier alpha value is -2.14. The predicted octanol–water partition coefficient (Wildman–Crippen LogP) is 1.32. The summed E-state index contributed by atoms with van der Waals surface area (Å²) in [5, 5.41) is 9.18. The maximum absolute atomic E-state index is 13.2. The van der Waals surface area contributed by atoms with Gasteiger partial charge in [0.05, 0.1) is 24.1 Å². The maximum Gasteiger partial charge on any atom is 0.226 e. The zero-order chi connectivity index (χ0) is 18.0. The summed E-state index contributed by atoms with van der Waals surface area (Å²) in [4.78, 5) is 16.3. The number of amides is 1. The van der Waals surface area contributed by atoms with Crippen molar-refractivity contribution in [2.24, 2.45) is 5.92 Å². The van der Waals surface area contributed by atoms with Crippen molar-refractivity contribution >= 4 is 15.7 Å². The Morgan fingerprint density at radius 3 is 2.40 bits per heavy atom. The van der Waals surface area contributed by atoms with Gasteiger partial charge in [0, 0.05) is 19.0 Å². The van der Waals surface area contributed by atoms with Crippen LogP contribution in [0.5, 0.6) is 0 Å². The molecule has 0 aromatic heterocycles. The van der Waals surface area contributed by atoms with Crippen LogP contribution in [0.15, 0.2) is 24.3 Å². The molecule has 1 aromatic carbocycles. The molecule has 0 spiro atoms. The normalized spacial score (nSPS) is 23.9. The zero-order valence-corrected chi connectivity index (χ0v) is 14.6. The molecule has 6 nitrogen and oxygen atoms in total. The van der Waals surface area contributed by atoms with Crippen molar-refractivity contribution in [3.8, 4) is 6.19 Å². The Balaban J connectivity index is 1.81. The number of hydrogen-bond donors (Lipinski definition) is 0. The Kier molecular flexibility index (Phi) is 4.95. The third-order valence-corrected chi connectivity index (χ3v) is 6.68. The lowest BCUT2D eigenvalue weighted by Crippen LogP contribution is -2.51. The fraction of sp³-hybridized carbons (Fsp3) is 0.529. The van der Waals surface area contributed by atoms with Gasteiger partial charge in [-0.3, -0.25) is 4.79 Å². The lowest BCUT2D eigenvalue weighted by Gasteiger charge is -2.41. The van der Waals surface area contributed by atoms with E-state index in [9.17, 15) is 22.9 Å². The van der Waals surface area contributed by atoms with Crippen LogP contribution in [0.2, 0.25) is 0 Å². The average Bonchev–Trinajstić information content (AvgIpc) is 2.61. The van der Waals surface area contributed by atoms with Crippen molar-refractivity contribution in [3.63, 3.8) is 0 Å². The first-order chi connectivity index (χ1) is 11.9. The van der Waals surface area contributed by atoms with E-state index in [1.54, 1.807) is 21.9 Å². The smallest absolute Gasteiger partial charge is 0.226 e. The van der Waals surface area contributed by atoms with Gasteiger partial charge < -0.3 is 9.80 Å². The van der Waals surface area contributed by atoms with E-state index >= 15 is 0 Å². The Morgan fingerprint density at radius 2 is 1.80 bits per heavy atom. The van der Waals surface area contributed by atoms with E-state index in [2.05, 4.69) is 6.19 Å². The van der Waals surface area contributed by atoms with Gasteiger partial charge in [-0.15, -0.1) is 0 Å². The van der Waals surface area contributed by atoms with Crippen molar-refractivity contribution in [1.82, 2.24) is 9.80 Å². The van der Waals surface area contributed by atoms with Gasteiger partial charge in [-0.1, -0.05) is 12.1 Å². The number of rotatable bonds is 2. The minimum atomic E-state index is -3.03. The number of carbonyl (C=O) groups is 1. The highest BCUT2D eigenvalue weighted by Gasteiger charge is 2.37. The fourth-order valence-corrected chi connectivity index (χ4v) is 4.97. The Bertz CT molecular complexity index is 774. The van der Waals surface area contributed by atoms with Crippen molar-refractivity contribution in [2.75, 3.05) is 31.1 Å². The SMILES string of the molecule is N#CN1CCN(C(=O)C2CCS(=O)(=O)CC2)C(c2ccc(F)cc2)C1. The van der Waals surface area contributed by atoms with Gasteiger partial charge in [-0.05, 0) is 30.5 Å². The molecule has 2 saturated heterocycles. The quantitative estimate of drug-likeness (QED) is 0.738. The van der Waals surface area contributed by atoms with Crippen LogP contribution in [0.4, 0.5) is 4.39 Å². The molecule has 0 saturated carbocycles. The summed E-state index contributed by atoms with van der Waals surface area (Å²) < 4.78 is 36.4. The van der Waals surface area contributed by atoms with E-state index in [4.69, 9.17) is 0 Å². The van der Waals surface area contributed by atoms with Crippen LogP contribution in [-0.4, -0.2) is 55.3 Å². The maximum atomic E-state index is 13.2. The number of sulfone groups is 1. The van der Waals surface area contributed by atoms with Crippen LogP contribution in [0.3, 0.4) is 0 Å². The molecule has 1 aromatic rings. The molecular weight excluding hydrogens is 345 g/mol. The van der Waals surface area contributed by atoms with Gasteiger partial charge in [-0.25, -0.2) is 12.8 Å². The van der Waals surface area contributed by atoms with Gasteiger partial charge in [0.25, 0.3) is 0 Å². The highest BCUT2D eigenvalue weighted by molar-refractivity contribution is 7.91. The minimum absolute atomic E-state index is 0.0444. The van der Waals surface area contributed by atoms with Gasteiger partial charge in [0.15, 0.2) is 6.19 Å². The van der Waals surface area contributed by atoms with Crippen LogP contribution < -0.4 is 0 Å². The van der Waals surface area contributed by atoms with E-state index in [-0.39, 0.29) is 35.2 Å². The van der Waals surface area contributed by atoms with E-state index in [0.29, 0.717) is 32.5 Å². The van der Waals surface area contributed by atoms with Crippen LogP contribution >= 0.6 is 0 Å². The van der Waals surface area contributed by atoms with Crippen LogP contribution in [0.25, 0.3) is 0 Å². The molecule has 2 heterocycles. The number of hydrogen-bond acceptors (Lipinski definition) is 5.